The first kappa shape index (κ1) is 14.1. The zero-order valence-corrected chi connectivity index (χ0v) is 12.0. The van der Waals surface area contributed by atoms with Crippen LogP contribution in [0.2, 0.25) is 0 Å². The lowest BCUT2D eigenvalue weighted by Gasteiger charge is -2.23. The number of rotatable bonds is 4. The van der Waals surface area contributed by atoms with Gasteiger partial charge in [-0.2, -0.15) is 11.8 Å². The molecule has 1 nitrogen and oxygen atoms in total. The van der Waals surface area contributed by atoms with Gasteiger partial charge in [0.1, 0.15) is 0 Å². The smallest absolute Gasteiger partial charge is 0.0317 e. The van der Waals surface area contributed by atoms with Gasteiger partial charge in [-0.05, 0) is 25.2 Å². The van der Waals surface area contributed by atoms with Crippen molar-refractivity contribution >= 4 is 17.5 Å². The van der Waals surface area contributed by atoms with Crippen molar-refractivity contribution in [1.82, 2.24) is 0 Å². The third-order valence-electron chi connectivity index (χ3n) is 3.60. The summed E-state index contributed by atoms with van der Waals surface area (Å²) in [6.07, 6.45) is 9.75. The lowest BCUT2D eigenvalue weighted by atomic mass is 9.92. The van der Waals surface area contributed by atoms with Gasteiger partial charge in [0.15, 0.2) is 0 Å². The fourth-order valence-electron chi connectivity index (χ4n) is 2.42. The van der Waals surface area contributed by atoms with Crippen molar-refractivity contribution in [2.45, 2.75) is 64.0 Å². The summed E-state index contributed by atoms with van der Waals surface area (Å²) in [6, 6.07) is 0. The first-order valence-corrected chi connectivity index (χ1v) is 7.87. The van der Waals surface area contributed by atoms with Crippen molar-refractivity contribution in [3.8, 4) is 0 Å². The molecule has 0 amide bonds. The van der Waals surface area contributed by atoms with Gasteiger partial charge in [-0.15, -0.1) is 0 Å². The molecule has 0 saturated heterocycles. The fourth-order valence-corrected chi connectivity index (χ4v) is 3.98. The highest BCUT2D eigenvalue weighted by atomic mass is 32.2. The predicted molar refractivity (Wildman–Crippen MR) is 76.8 cm³/mol. The lowest BCUT2D eigenvalue weighted by molar-refractivity contribution is 0.411. The SMILES string of the molecule is CCC(CSC1CCCCCC(C)C1)=NC. The predicted octanol–water partition coefficient (Wildman–Crippen LogP) is 4.56. The normalized spacial score (nSPS) is 28.6. The van der Waals surface area contributed by atoms with Crippen LogP contribution in [-0.2, 0) is 0 Å². The molecule has 1 saturated carbocycles. The maximum Gasteiger partial charge on any atom is 0.0317 e. The summed E-state index contributed by atoms with van der Waals surface area (Å²) in [6.45, 7) is 4.64. The minimum absolute atomic E-state index is 0.888. The first-order chi connectivity index (χ1) is 7.76. The molecule has 2 heteroatoms. The molecule has 94 valence electrons. The molecule has 0 heterocycles. The molecule has 1 aliphatic carbocycles. The van der Waals surface area contributed by atoms with Crippen molar-refractivity contribution in [1.29, 1.82) is 0 Å². The third kappa shape index (κ3) is 5.38. The Labute approximate surface area is 105 Å². The van der Waals surface area contributed by atoms with Crippen molar-refractivity contribution in [2.75, 3.05) is 12.8 Å². The Bertz CT molecular complexity index is 213. The molecule has 1 rings (SSSR count). The Morgan fingerprint density at radius 1 is 1.25 bits per heavy atom. The lowest BCUT2D eigenvalue weighted by Crippen LogP contribution is -2.14. The van der Waals surface area contributed by atoms with E-state index in [1.54, 1.807) is 0 Å². The van der Waals surface area contributed by atoms with Crippen LogP contribution in [0.3, 0.4) is 0 Å². The van der Waals surface area contributed by atoms with Crippen LogP contribution < -0.4 is 0 Å². The molecular formula is C14H27NS. The second kappa shape index (κ2) is 8.16. The molecule has 0 aliphatic heterocycles. The van der Waals surface area contributed by atoms with Gasteiger partial charge in [-0.1, -0.05) is 39.5 Å². The van der Waals surface area contributed by atoms with E-state index in [4.69, 9.17) is 0 Å². The van der Waals surface area contributed by atoms with Gasteiger partial charge in [0.05, 0.1) is 0 Å². The van der Waals surface area contributed by atoms with E-state index in [-0.39, 0.29) is 0 Å². The molecule has 2 unspecified atom stereocenters. The highest BCUT2D eigenvalue weighted by Crippen LogP contribution is 2.30. The molecule has 0 N–H and O–H groups in total. The molecule has 0 aromatic carbocycles. The van der Waals surface area contributed by atoms with Crippen molar-refractivity contribution in [2.24, 2.45) is 10.9 Å². The van der Waals surface area contributed by atoms with Crippen LogP contribution in [0.15, 0.2) is 4.99 Å². The fraction of sp³-hybridized carbons (Fsp3) is 0.929. The number of hydrogen-bond acceptors (Lipinski definition) is 2. The summed E-state index contributed by atoms with van der Waals surface area (Å²) in [5, 5.41) is 0.888. The van der Waals surface area contributed by atoms with E-state index in [9.17, 15) is 0 Å². The molecular weight excluding hydrogens is 214 g/mol. The highest BCUT2D eigenvalue weighted by Gasteiger charge is 2.16. The Balaban J connectivity index is 2.32. The molecule has 1 aliphatic rings. The number of thioether (sulfide) groups is 1. The number of aliphatic imine (C=N–C) groups is 1. The van der Waals surface area contributed by atoms with Gasteiger partial charge in [-0.25, -0.2) is 0 Å². The molecule has 0 bridgehead atoms. The Kier molecular flexibility index (Phi) is 7.18. The van der Waals surface area contributed by atoms with Crippen LogP contribution in [0.5, 0.6) is 0 Å². The monoisotopic (exact) mass is 241 g/mol. The van der Waals surface area contributed by atoms with Gasteiger partial charge in [0.25, 0.3) is 0 Å². The first-order valence-electron chi connectivity index (χ1n) is 6.82. The van der Waals surface area contributed by atoms with E-state index in [1.807, 2.05) is 7.05 Å². The molecule has 1 fully saturated rings. The van der Waals surface area contributed by atoms with Crippen molar-refractivity contribution in [3.05, 3.63) is 0 Å². The van der Waals surface area contributed by atoms with Crippen molar-refractivity contribution < 1.29 is 0 Å². The van der Waals surface area contributed by atoms with Gasteiger partial charge in [0, 0.05) is 23.8 Å². The molecule has 0 radical (unpaired) electrons. The van der Waals surface area contributed by atoms with Crippen molar-refractivity contribution in [3.63, 3.8) is 0 Å². The second-order valence-electron chi connectivity index (χ2n) is 5.06. The molecule has 0 aromatic heterocycles. The summed E-state index contributed by atoms with van der Waals surface area (Å²) in [4.78, 5) is 4.35. The van der Waals surface area contributed by atoms with E-state index < -0.39 is 0 Å². The second-order valence-corrected chi connectivity index (χ2v) is 6.34. The summed E-state index contributed by atoms with van der Waals surface area (Å²) >= 11 is 2.15. The molecule has 0 aromatic rings. The Hall–Kier alpha value is 0.0200. The average molecular weight is 241 g/mol. The van der Waals surface area contributed by atoms with Gasteiger partial charge in [-0.3, -0.25) is 4.99 Å². The zero-order chi connectivity index (χ0) is 11.8. The van der Waals surface area contributed by atoms with Gasteiger partial charge in [0.2, 0.25) is 0 Å². The van der Waals surface area contributed by atoms with Crippen LogP contribution in [0.25, 0.3) is 0 Å². The topological polar surface area (TPSA) is 12.4 Å². The summed E-state index contributed by atoms with van der Waals surface area (Å²) in [7, 11) is 1.93. The maximum absolute atomic E-state index is 4.35. The van der Waals surface area contributed by atoms with E-state index in [0.717, 1.165) is 23.3 Å². The zero-order valence-electron chi connectivity index (χ0n) is 11.2. The van der Waals surface area contributed by atoms with E-state index in [0.29, 0.717) is 0 Å². The van der Waals surface area contributed by atoms with Crippen LogP contribution in [0, 0.1) is 5.92 Å². The van der Waals surface area contributed by atoms with E-state index in [1.165, 1.54) is 44.2 Å². The quantitative estimate of drug-likeness (QED) is 0.657. The average Bonchev–Trinajstić information content (AvgIpc) is 2.26. The largest absolute Gasteiger partial charge is 0.297 e. The van der Waals surface area contributed by atoms with Gasteiger partial charge < -0.3 is 0 Å². The van der Waals surface area contributed by atoms with Crippen LogP contribution in [0.4, 0.5) is 0 Å². The highest BCUT2D eigenvalue weighted by molar-refractivity contribution is 8.00. The Morgan fingerprint density at radius 2 is 2.00 bits per heavy atom. The maximum atomic E-state index is 4.35. The Morgan fingerprint density at radius 3 is 2.69 bits per heavy atom. The van der Waals surface area contributed by atoms with Gasteiger partial charge >= 0.3 is 0 Å². The molecule has 2 atom stereocenters. The van der Waals surface area contributed by atoms with Crippen LogP contribution in [0.1, 0.15) is 58.8 Å². The molecule has 0 spiro atoms. The minimum atomic E-state index is 0.888. The number of nitrogens with zero attached hydrogens (tertiary/aromatic N) is 1. The molecule has 16 heavy (non-hydrogen) atoms. The van der Waals surface area contributed by atoms with E-state index >= 15 is 0 Å². The van der Waals surface area contributed by atoms with Crippen LogP contribution >= 0.6 is 11.8 Å². The standard InChI is InChI=1S/C14H27NS/c1-4-13(15-3)11-16-14-9-7-5-6-8-12(2)10-14/h12,14H,4-11H2,1-3H3. The summed E-state index contributed by atoms with van der Waals surface area (Å²) in [5.74, 6) is 2.09. The summed E-state index contributed by atoms with van der Waals surface area (Å²) < 4.78 is 0. The number of hydrogen-bond donors (Lipinski definition) is 0. The minimum Gasteiger partial charge on any atom is -0.297 e. The van der Waals surface area contributed by atoms with E-state index in [2.05, 4.69) is 30.6 Å². The third-order valence-corrected chi connectivity index (χ3v) is 5.00. The summed E-state index contributed by atoms with van der Waals surface area (Å²) in [5.41, 5.74) is 1.37. The van der Waals surface area contributed by atoms with Crippen LogP contribution in [-0.4, -0.2) is 23.8 Å².